The molecule has 0 spiro atoms. The quantitative estimate of drug-likeness (QED) is 0.622. The standard InChI is InChI=1S/C13H23N5O2S/c1-4-14-12(15-9-11-5-6-16-17-11)18-7-8-21(19,20)13(2,3)10-18/h5-6H,4,7-10H2,1-3H3,(H,14,15)(H,16,17). The Bertz CT molecular complexity index is 592. The molecule has 1 aliphatic heterocycles. The lowest BCUT2D eigenvalue weighted by atomic mass is 10.2. The first kappa shape index (κ1) is 15.8. The van der Waals surface area contributed by atoms with E-state index in [0.717, 1.165) is 18.2 Å². The summed E-state index contributed by atoms with van der Waals surface area (Å²) in [4.78, 5) is 6.57. The van der Waals surface area contributed by atoms with E-state index in [2.05, 4.69) is 20.5 Å². The van der Waals surface area contributed by atoms with Crippen LogP contribution in [-0.2, 0) is 16.4 Å². The first-order chi connectivity index (χ1) is 9.86. The van der Waals surface area contributed by atoms with Crippen LogP contribution in [0.3, 0.4) is 0 Å². The van der Waals surface area contributed by atoms with Crippen molar-refractivity contribution in [1.29, 1.82) is 0 Å². The first-order valence-corrected chi connectivity index (χ1v) is 8.75. The van der Waals surface area contributed by atoms with Crippen LogP contribution in [-0.4, -0.2) is 59.6 Å². The Balaban J connectivity index is 2.13. The summed E-state index contributed by atoms with van der Waals surface area (Å²) in [6, 6.07) is 1.87. The van der Waals surface area contributed by atoms with Gasteiger partial charge in [0, 0.05) is 25.8 Å². The minimum absolute atomic E-state index is 0.161. The largest absolute Gasteiger partial charge is 0.357 e. The molecule has 0 aromatic carbocycles. The molecule has 1 aromatic heterocycles. The number of aromatic nitrogens is 2. The number of nitrogens with one attached hydrogen (secondary N) is 2. The van der Waals surface area contributed by atoms with Crippen LogP contribution in [0.1, 0.15) is 26.5 Å². The summed E-state index contributed by atoms with van der Waals surface area (Å²) in [5.41, 5.74) is 0.925. The number of H-pyrrole nitrogens is 1. The SMILES string of the molecule is CCNC(=NCc1ccn[nH]1)N1CCS(=O)(=O)C(C)(C)C1. The van der Waals surface area contributed by atoms with Gasteiger partial charge in [-0.3, -0.25) is 5.10 Å². The highest BCUT2D eigenvalue weighted by Gasteiger charge is 2.40. The molecule has 2 rings (SSSR count). The van der Waals surface area contributed by atoms with Crippen LogP contribution in [0.25, 0.3) is 0 Å². The molecule has 118 valence electrons. The maximum absolute atomic E-state index is 12.1. The number of aromatic amines is 1. The smallest absolute Gasteiger partial charge is 0.194 e. The molecule has 1 fully saturated rings. The Kier molecular flexibility index (Phi) is 4.55. The third-order valence-corrected chi connectivity index (χ3v) is 6.17. The van der Waals surface area contributed by atoms with Gasteiger partial charge in [0.15, 0.2) is 15.8 Å². The van der Waals surface area contributed by atoms with Gasteiger partial charge in [0.05, 0.1) is 22.7 Å². The molecular formula is C13H23N5O2S. The van der Waals surface area contributed by atoms with E-state index in [0.29, 0.717) is 19.6 Å². The molecular weight excluding hydrogens is 290 g/mol. The summed E-state index contributed by atoms with van der Waals surface area (Å²) < 4.78 is 23.4. The Labute approximate surface area is 125 Å². The van der Waals surface area contributed by atoms with Gasteiger partial charge in [-0.2, -0.15) is 5.10 Å². The fraction of sp³-hybridized carbons (Fsp3) is 0.692. The van der Waals surface area contributed by atoms with Crippen molar-refractivity contribution in [3.8, 4) is 0 Å². The van der Waals surface area contributed by atoms with E-state index in [1.807, 2.05) is 17.9 Å². The van der Waals surface area contributed by atoms with E-state index in [1.54, 1.807) is 20.0 Å². The molecule has 2 N–H and O–H groups in total. The van der Waals surface area contributed by atoms with Gasteiger partial charge in [0.25, 0.3) is 0 Å². The van der Waals surface area contributed by atoms with E-state index >= 15 is 0 Å². The van der Waals surface area contributed by atoms with Crippen molar-refractivity contribution in [2.45, 2.75) is 32.1 Å². The number of hydrogen-bond donors (Lipinski definition) is 2. The first-order valence-electron chi connectivity index (χ1n) is 7.09. The number of rotatable bonds is 3. The van der Waals surface area contributed by atoms with Crippen LogP contribution in [0, 0.1) is 0 Å². The molecule has 0 aliphatic carbocycles. The normalized spacial score (nSPS) is 21.3. The topological polar surface area (TPSA) is 90.4 Å². The summed E-state index contributed by atoms with van der Waals surface area (Å²) in [5.74, 6) is 0.907. The molecule has 0 atom stereocenters. The number of sulfone groups is 1. The molecule has 8 heteroatoms. The summed E-state index contributed by atoms with van der Waals surface area (Å²) >= 11 is 0. The average molecular weight is 313 g/mol. The van der Waals surface area contributed by atoms with Crippen molar-refractivity contribution in [2.75, 3.05) is 25.4 Å². The molecule has 0 radical (unpaired) electrons. The molecule has 2 heterocycles. The van der Waals surface area contributed by atoms with Crippen LogP contribution >= 0.6 is 0 Å². The second-order valence-electron chi connectivity index (χ2n) is 5.75. The van der Waals surface area contributed by atoms with Gasteiger partial charge in [-0.15, -0.1) is 0 Å². The van der Waals surface area contributed by atoms with Gasteiger partial charge in [-0.25, -0.2) is 13.4 Å². The molecule has 1 aliphatic rings. The molecule has 21 heavy (non-hydrogen) atoms. The Morgan fingerprint density at radius 3 is 2.90 bits per heavy atom. The van der Waals surface area contributed by atoms with Crippen molar-refractivity contribution < 1.29 is 8.42 Å². The lowest BCUT2D eigenvalue weighted by molar-refractivity contribution is 0.353. The van der Waals surface area contributed by atoms with Gasteiger partial charge in [-0.1, -0.05) is 0 Å². The zero-order valence-electron chi connectivity index (χ0n) is 12.8. The fourth-order valence-electron chi connectivity index (χ4n) is 2.28. The van der Waals surface area contributed by atoms with Crippen LogP contribution in [0.15, 0.2) is 17.3 Å². The second-order valence-corrected chi connectivity index (χ2v) is 8.50. The third kappa shape index (κ3) is 3.55. The van der Waals surface area contributed by atoms with Crippen molar-refractivity contribution in [2.24, 2.45) is 4.99 Å². The van der Waals surface area contributed by atoms with Gasteiger partial charge in [0.1, 0.15) is 0 Å². The zero-order chi connectivity index (χ0) is 15.5. The van der Waals surface area contributed by atoms with Gasteiger partial charge in [0.2, 0.25) is 0 Å². The van der Waals surface area contributed by atoms with Gasteiger partial charge < -0.3 is 10.2 Å². The highest BCUT2D eigenvalue weighted by atomic mass is 32.2. The van der Waals surface area contributed by atoms with Crippen LogP contribution in [0.5, 0.6) is 0 Å². The van der Waals surface area contributed by atoms with Gasteiger partial charge >= 0.3 is 0 Å². The number of aliphatic imine (C=N–C) groups is 1. The maximum Gasteiger partial charge on any atom is 0.194 e. The second kappa shape index (κ2) is 6.05. The minimum Gasteiger partial charge on any atom is -0.357 e. The van der Waals surface area contributed by atoms with Crippen molar-refractivity contribution in [3.63, 3.8) is 0 Å². The Morgan fingerprint density at radius 1 is 1.57 bits per heavy atom. The van der Waals surface area contributed by atoms with E-state index in [-0.39, 0.29) is 5.75 Å². The zero-order valence-corrected chi connectivity index (χ0v) is 13.6. The highest BCUT2D eigenvalue weighted by molar-refractivity contribution is 7.92. The van der Waals surface area contributed by atoms with Gasteiger partial charge in [-0.05, 0) is 26.8 Å². The average Bonchev–Trinajstić information content (AvgIpc) is 2.91. The predicted molar refractivity (Wildman–Crippen MR) is 82.8 cm³/mol. The van der Waals surface area contributed by atoms with Crippen LogP contribution in [0.2, 0.25) is 0 Å². The lowest BCUT2D eigenvalue weighted by Crippen LogP contribution is -2.57. The molecule has 7 nitrogen and oxygen atoms in total. The monoisotopic (exact) mass is 313 g/mol. The van der Waals surface area contributed by atoms with E-state index in [9.17, 15) is 8.42 Å². The predicted octanol–water partition coefficient (Wildman–Crippen LogP) is 0.384. The Hall–Kier alpha value is -1.57. The van der Waals surface area contributed by atoms with E-state index in [1.165, 1.54) is 0 Å². The van der Waals surface area contributed by atoms with Crippen molar-refractivity contribution in [1.82, 2.24) is 20.4 Å². The third-order valence-electron chi connectivity index (χ3n) is 3.64. The molecule has 1 saturated heterocycles. The fourth-order valence-corrected chi connectivity index (χ4v) is 3.65. The Morgan fingerprint density at radius 2 is 2.33 bits per heavy atom. The van der Waals surface area contributed by atoms with Crippen molar-refractivity contribution >= 4 is 15.8 Å². The van der Waals surface area contributed by atoms with E-state index < -0.39 is 14.6 Å². The highest BCUT2D eigenvalue weighted by Crippen LogP contribution is 2.23. The van der Waals surface area contributed by atoms with Crippen molar-refractivity contribution in [3.05, 3.63) is 18.0 Å². The maximum atomic E-state index is 12.1. The molecule has 0 amide bonds. The summed E-state index contributed by atoms with van der Waals surface area (Å²) in [6.45, 7) is 7.69. The molecule has 0 bridgehead atoms. The minimum atomic E-state index is -3.04. The van der Waals surface area contributed by atoms with Crippen LogP contribution < -0.4 is 5.32 Å². The summed E-state index contributed by atoms with van der Waals surface area (Å²) in [7, 11) is -3.04. The number of nitrogens with zero attached hydrogens (tertiary/aromatic N) is 3. The van der Waals surface area contributed by atoms with Crippen LogP contribution in [0.4, 0.5) is 0 Å². The number of hydrogen-bond acceptors (Lipinski definition) is 4. The molecule has 0 saturated carbocycles. The summed E-state index contributed by atoms with van der Waals surface area (Å²) in [5, 5.41) is 9.99. The van der Waals surface area contributed by atoms with E-state index in [4.69, 9.17) is 0 Å². The molecule has 1 aromatic rings. The summed E-state index contributed by atoms with van der Waals surface area (Å²) in [6.07, 6.45) is 1.69. The molecule has 0 unspecified atom stereocenters. The lowest BCUT2D eigenvalue weighted by Gasteiger charge is -2.39. The number of guanidine groups is 1.